The standard InChI is InChI=1S/C22H34F2O2/c1-6-7-8-9-15-12-17(25)19(18(26)13-15)20-16(14(2)3)10-11-21(4,5)22(20,23)24/h12-14,16,20,25-26H,6-11H2,1-5H3. The Hall–Kier alpha value is -1.32. The molecule has 148 valence electrons. The first-order chi connectivity index (χ1) is 12.0. The Bertz CT molecular complexity index is 600. The van der Waals surface area contributed by atoms with E-state index in [0.29, 0.717) is 12.8 Å². The van der Waals surface area contributed by atoms with Crippen LogP contribution >= 0.6 is 0 Å². The lowest BCUT2D eigenvalue weighted by atomic mass is 9.59. The molecule has 1 aromatic rings. The summed E-state index contributed by atoms with van der Waals surface area (Å²) in [5.41, 5.74) is -0.334. The second kappa shape index (κ2) is 7.74. The van der Waals surface area contributed by atoms with Crippen molar-refractivity contribution in [2.75, 3.05) is 0 Å². The Morgan fingerprint density at radius 3 is 2.19 bits per heavy atom. The predicted octanol–water partition coefficient (Wildman–Crippen LogP) is 6.64. The average Bonchev–Trinajstić information content (AvgIpc) is 2.51. The molecule has 0 aromatic heterocycles. The van der Waals surface area contributed by atoms with Gasteiger partial charge in [-0.25, -0.2) is 8.78 Å². The average molecular weight is 369 g/mol. The first kappa shape index (κ1) is 21.0. The van der Waals surface area contributed by atoms with Crippen molar-refractivity contribution in [1.29, 1.82) is 0 Å². The van der Waals surface area contributed by atoms with Crippen LogP contribution < -0.4 is 0 Å². The number of hydrogen-bond donors (Lipinski definition) is 2. The van der Waals surface area contributed by atoms with Crippen molar-refractivity contribution in [2.45, 2.75) is 85.0 Å². The third-order valence-corrected chi connectivity index (χ3v) is 6.26. The van der Waals surface area contributed by atoms with Gasteiger partial charge in [-0.15, -0.1) is 0 Å². The van der Waals surface area contributed by atoms with Crippen LogP contribution in [0.3, 0.4) is 0 Å². The SMILES string of the molecule is CCCCCc1cc(O)c(C2C(C(C)C)CCC(C)(C)C2(F)F)c(O)c1. The first-order valence-corrected chi connectivity index (χ1v) is 9.95. The Labute approximate surface area is 156 Å². The molecule has 1 saturated carbocycles. The second-order valence-electron chi connectivity index (χ2n) is 8.94. The van der Waals surface area contributed by atoms with Crippen LogP contribution in [0.15, 0.2) is 12.1 Å². The number of phenolic OH excluding ortho intramolecular Hbond substituents is 2. The predicted molar refractivity (Wildman–Crippen MR) is 102 cm³/mol. The molecule has 2 unspecified atom stereocenters. The molecular weight excluding hydrogens is 334 g/mol. The fourth-order valence-corrected chi connectivity index (χ4v) is 4.39. The molecule has 0 amide bonds. The Balaban J connectivity index is 2.48. The van der Waals surface area contributed by atoms with Crippen LogP contribution in [0, 0.1) is 17.3 Å². The number of alkyl halides is 2. The van der Waals surface area contributed by atoms with Crippen LogP contribution in [-0.2, 0) is 6.42 Å². The number of halogens is 2. The molecule has 26 heavy (non-hydrogen) atoms. The smallest absolute Gasteiger partial charge is 0.260 e. The number of benzene rings is 1. The summed E-state index contributed by atoms with van der Waals surface area (Å²) in [6, 6.07) is 3.14. The lowest BCUT2D eigenvalue weighted by molar-refractivity contribution is -0.170. The number of hydrogen-bond acceptors (Lipinski definition) is 2. The highest BCUT2D eigenvalue weighted by molar-refractivity contribution is 5.50. The van der Waals surface area contributed by atoms with Crippen LogP contribution in [0.1, 0.15) is 83.8 Å². The van der Waals surface area contributed by atoms with Gasteiger partial charge in [-0.05, 0) is 55.2 Å². The second-order valence-corrected chi connectivity index (χ2v) is 8.94. The molecule has 0 aliphatic heterocycles. The number of aryl methyl sites for hydroxylation is 1. The van der Waals surface area contributed by atoms with Gasteiger partial charge in [-0.1, -0.05) is 47.5 Å². The normalized spacial score (nSPS) is 24.8. The van der Waals surface area contributed by atoms with Gasteiger partial charge in [0.1, 0.15) is 11.5 Å². The summed E-state index contributed by atoms with van der Waals surface area (Å²) in [5, 5.41) is 21.2. The van der Waals surface area contributed by atoms with Crippen LogP contribution in [0.4, 0.5) is 8.78 Å². The number of rotatable bonds is 6. The molecule has 1 fully saturated rings. The van der Waals surface area contributed by atoms with E-state index in [1.807, 2.05) is 13.8 Å². The molecule has 1 aliphatic carbocycles. The topological polar surface area (TPSA) is 40.5 Å². The van der Waals surface area contributed by atoms with Crippen molar-refractivity contribution in [2.24, 2.45) is 17.3 Å². The highest BCUT2D eigenvalue weighted by atomic mass is 19.3. The Morgan fingerprint density at radius 1 is 1.12 bits per heavy atom. The zero-order valence-corrected chi connectivity index (χ0v) is 16.8. The van der Waals surface area contributed by atoms with Gasteiger partial charge in [-0.3, -0.25) is 0 Å². The van der Waals surface area contributed by atoms with Gasteiger partial charge in [0, 0.05) is 11.0 Å². The first-order valence-electron chi connectivity index (χ1n) is 9.95. The van der Waals surface area contributed by atoms with E-state index in [4.69, 9.17) is 0 Å². The van der Waals surface area contributed by atoms with E-state index < -0.39 is 17.3 Å². The molecule has 4 heteroatoms. The van der Waals surface area contributed by atoms with E-state index in [0.717, 1.165) is 31.2 Å². The van der Waals surface area contributed by atoms with Crippen molar-refractivity contribution < 1.29 is 19.0 Å². The fraction of sp³-hybridized carbons (Fsp3) is 0.727. The number of unbranched alkanes of at least 4 members (excludes halogenated alkanes) is 2. The van der Waals surface area contributed by atoms with E-state index in [2.05, 4.69) is 6.92 Å². The molecular formula is C22H34F2O2. The largest absolute Gasteiger partial charge is 0.508 e. The minimum Gasteiger partial charge on any atom is -0.508 e. The maximum atomic E-state index is 15.4. The minimum absolute atomic E-state index is 0.0284. The summed E-state index contributed by atoms with van der Waals surface area (Å²) in [5.74, 6) is -4.78. The minimum atomic E-state index is -3.00. The summed E-state index contributed by atoms with van der Waals surface area (Å²) in [7, 11) is 0. The van der Waals surface area contributed by atoms with E-state index in [9.17, 15) is 10.2 Å². The number of phenols is 2. The zero-order chi connectivity index (χ0) is 19.7. The van der Waals surface area contributed by atoms with E-state index >= 15 is 8.78 Å². The van der Waals surface area contributed by atoms with Crippen LogP contribution in [-0.4, -0.2) is 16.1 Å². The van der Waals surface area contributed by atoms with Gasteiger partial charge < -0.3 is 10.2 Å². The molecule has 1 aliphatic rings. The molecule has 0 heterocycles. The van der Waals surface area contributed by atoms with Crippen LogP contribution in [0.25, 0.3) is 0 Å². The summed E-state index contributed by atoms with van der Waals surface area (Å²) in [6.45, 7) is 9.17. The van der Waals surface area contributed by atoms with Gasteiger partial charge in [0.25, 0.3) is 5.92 Å². The molecule has 2 nitrogen and oxygen atoms in total. The lowest BCUT2D eigenvalue weighted by Crippen LogP contribution is -2.49. The molecule has 0 spiro atoms. The van der Waals surface area contributed by atoms with Crippen molar-refractivity contribution >= 4 is 0 Å². The summed E-state index contributed by atoms with van der Waals surface area (Å²) in [4.78, 5) is 0. The highest BCUT2D eigenvalue weighted by Gasteiger charge is 2.59. The van der Waals surface area contributed by atoms with E-state index in [-0.39, 0.29) is 28.9 Å². The van der Waals surface area contributed by atoms with Gasteiger partial charge in [-0.2, -0.15) is 0 Å². The van der Waals surface area contributed by atoms with Gasteiger partial charge >= 0.3 is 0 Å². The third kappa shape index (κ3) is 3.84. The molecule has 2 atom stereocenters. The van der Waals surface area contributed by atoms with Crippen LogP contribution in [0.2, 0.25) is 0 Å². The molecule has 1 aromatic carbocycles. The van der Waals surface area contributed by atoms with Gasteiger partial charge in [0.2, 0.25) is 0 Å². The monoisotopic (exact) mass is 368 g/mol. The summed E-state index contributed by atoms with van der Waals surface area (Å²) in [6.07, 6.45) is 4.94. The number of aromatic hydroxyl groups is 2. The van der Waals surface area contributed by atoms with E-state index in [1.165, 1.54) is 0 Å². The summed E-state index contributed by atoms with van der Waals surface area (Å²) < 4.78 is 30.9. The maximum absolute atomic E-state index is 15.4. The quantitative estimate of drug-likeness (QED) is 0.552. The molecule has 2 N–H and O–H groups in total. The molecule has 2 rings (SSSR count). The van der Waals surface area contributed by atoms with Crippen molar-refractivity contribution in [3.63, 3.8) is 0 Å². The van der Waals surface area contributed by atoms with E-state index in [1.54, 1.807) is 26.0 Å². The van der Waals surface area contributed by atoms with Crippen LogP contribution in [0.5, 0.6) is 11.5 Å². The Kier molecular flexibility index (Phi) is 6.24. The maximum Gasteiger partial charge on any atom is 0.260 e. The zero-order valence-electron chi connectivity index (χ0n) is 16.8. The highest BCUT2D eigenvalue weighted by Crippen LogP contribution is 2.61. The van der Waals surface area contributed by atoms with Gasteiger partial charge in [0.15, 0.2) is 0 Å². The third-order valence-electron chi connectivity index (χ3n) is 6.26. The molecule has 0 saturated heterocycles. The lowest BCUT2D eigenvalue weighted by Gasteiger charge is -2.49. The van der Waals surface area contributed by atoms with Crippen molar-refractivity contribution in [3.05, 3.63) is 23.3 Å². The Morgan fingerprint density at radius 2 is 1.69 bits per heavy atom. The molecule has 0 radical (unpaired) electrons. The fourth-order valence-electron chi connectivity index (χ4n) is 4.39. The van der Waals surface area contributed by atoms with Gasteiger partial charge in [0.05, 0.1) is 5.92 Å². The van der Waals surface area contributed by atoms with Crippen molar-refractivity contribution in [1.82, 2.24) is 0 Å². The molecule has 0 bridgehead atoms. The van der Waals surface area contributed by atoms with Crippen molar-refractivity contribution in [3.8, 4) is 11.5 Å². The summed E-state index contributed by atoms with van der Waals surface area (Å²) >= 11 is 0.